The molecule has 172 valence electrons. The lowest BCUT2D eigenvalue weighted by molar-refractivity contribution is -0.109. The summed E-state index contributed by atoms with van der Waals surface area (Å²) in [4.78, 5) is 11.4. The largest absolute Gasteiger partial charge is 0.498 e. The number of benzene rings is 1. The zero-order chi connectivity index (χ0) is 22.5. The van der Waals surface area contributed by atoms with Crippen molar-refractivity contribution < 1.29 is 14.3 Å². The molecular weight excluding hydrogens is 386 g/mol. The maximum atomic E-state index is 11.4. The third-order valence-electron chi connectivity index (χ3n) is 6.36. The van der Waals surface area contributed by atoms with Gasteiger partial charge in [-0.15, -0.1) is 0 Å². The predicted molar refractivity (Wildman–Crippen MR) is 128 cm³/mol. The van der Waals surface area contributed by atoms with Crippen LogP contribution in [0.15, 0.2) is 48.3 Å². The van der Waals surface area contributed by atoms with Gasteiger partial charge in [-0.1, -0.05) is 38.1 Å². The molecule has 0 spiro atoms. The fraction of sp³-hybridized carbons (Fsp3) is 0.593. The summed E-state index contributed by atoms with van der Waals surface area (Å²) in [5, 5.41) is 3.61. The zero-order valence-corrected chi connectivity index (χ0v) is 19.9. The Morgan fingerprint density at radius 1 is 1.13 bits per heavy atom. The van der Waals surface area contributed by atoms with Gasteiger partial charge in [-0.2, -0.15) is 0 Å². The number of hydrogen-bond donors (Lipinski definition) is 1. The van der Waals surface area contributed by atoms with Gasteiger partial charge in [-0.25, -0.2) is 0 Å². The number of ether oxygens (including phenoxy) is 2. The van der Waals surface area contributed by atoms with Crippen molar-refractivity contribution in [1.29, 1.82) is 0 Å². The van der Waals surface area contributed by atoms with E-state index in [2.05, 4.69) is 55.6 Å². The average Bonchev–Trinajstić information content (AvgIpc) is 2.75. The van der Waals surface area contributed by atoms with Gasteiger partial charge in [0.2, 0.25) is 0 Å². The summed E-state index contributed by atoms with van der Waals surface area (Å²) in [6.07, 6.45) is 12.2. The third-order valence-corrected chi connectivity index (χ3v) is 6.36. The molecule has 0 aromatic heterocycles. The van der Waals surface area contributed by atoms with Gasteiger partial charge in [0.1, 0.15) is 17.8 Å². The number of hydrogen-bond acceptors (Lipinski definition) is 4. The normalized spacial score (nSPS) is 20.5. The molecule has 1 aromatic carbocycles. The lowest BCUT2D eigenvalue weighted by Crippen LogP contribution is -2.40. The van der Waals surface area contributed by atoms with Gasteiger partial charge >= 0.3 is 0 Å². The fourth-order valence-corrected chi connectivity index (χ4v) is 4.83. The molecule has 2 atom stereocenters. The van der Waals surface area contributed by atoms with Crippen molar-refractivity contribution in [2.24, 2.45) is 17.3 Å². The Labute approximate surface area is 189 Å². The number of aldehydes is 1. The number of nitrogens with one attached hydrogen (secondary N) is 1. The van der Waals surface area contributed by atoms with Gasteiger partial charge in [-0.05, 0) is 88.2 Å². The first kappa shape index (κ1) is 25.2. The molecule has 0 amide bonds. The first-order valence-corrected chi connectivity index (χ1v) is 12.0. The van der Waals surface area contributed by atoms with Gasteiger partial charge in [0, 0.05) is 11.8 Å². The van der Waals surface area contributed by atoms with Crippen LogP contribution in [-0.4, -0.2) is 32.6 Å². The van der Waals surface area contributed by atoms with E-state index < -0.39 is 0 Å². The van der Waals surface area contributed by atoms with Gasteiger partial charge in [0.05, 0.1) is 13.2 Å². The van der Waals surface area contributed by atoms with Crippen molar-refractivity contribution in [3.8, 4) is 5.75 Å². The summed E-state index contributed by atoms with van der Waals surface area (Å²) in [5.41, 5.74) is 1.22. The highest BCUT2D eigenvalue weighted by Gasteiger charge is 2.45. The minimum Gasteiger partial charge on any atom is -0.498 e. The molecule has 0 bridgehead atoms. The molecule has 1 aliphatic rings. The van der Waals surface area contributed by atoms with Gasteiger partial charge in [0.15, 0.2) is 0 Å². The van der Waals surface area contributed by atoms with Crippen molar-refractivity contribution in [2.75, 3.05) is 26.3 Å². The second-order valence-electron chi connectivity index (χ2n) is 8.59. The van der Waals surface area contributed by atoms with Crippen molar-refractivity contribution in [3.05, 3.63) is 53.8 Å². The molecule has 0 heterocycles. The van der Waals surface area contributed by atoms with Crippen molar-refractivity contribution in [1.82, 2.24) is 5.32 Å². The van der Waals surface area contributed by atoms with Gasteiger partial charge in [0.25, 0.3) is 0 Å². The lowest BCUT2D eigenvalue weighted by atomic mass is 9.61. The van der Waals surface area contributed by atoms with E-state index in [0.29, 0.717) is 25.6 Å². The minimum absolute atomic E-state index is 0.104. The highest BCUT2D eigenvalue weighted by Crippen LogP contribution is 2.50. The van der Waals surface area contributed by atoms with Gasteiger partial charge < -0.3 is 19.6 Å². The zero-order valence-electron chi connectivity index (χ0n) is 19.9. The Morgan fingerprint density at radius 2 is 1.90 bits per heavy atom. The van der Waals surface area contributed by atoms with E-state index in [9.17, 15) is 4.79 Å². The molecule has 1 N–H and O–H groups in total. The predicted octanol–water partition coefficient (Wildman–Crippen LogP) is 5.73. The van der Waals surface area contributed by atoms with E-state index in [1.165, 1.54) is 5.56 Å². The molecule has 4 nitrogen and oxygen atoms in total. The molecule has 0 saturated heterocycles. The third kappa shape index (κ3) is 6.96. The SMILES string of the molecule is CCOC1=CC=C[C@H](CC=O)C1(CCCNCCCc1cccc(OCC)c1)C(C)C. The first-order valence-electron chi connectivity index (χ1n) is 12.0. The van der Waals surface area contributed by atoms with Crippen molar-refractivity contribution in [2.45, 2.75) is 59.8 Å². The molecule has 1 aromatic rings. The monoisotopic (exact) mass is 427 g/mol. The molecular formula is C27H41NO3. The minimum atomic E-state index is -0.104. The van der Waals surface area contributed by atoms with E-state index in [1.54, 1.807) is 0 Å². The molecule has 31 heavy (non-hydrogen) atoms. The number of carbonyl (C=O) groups excluding carboxylic acids is 1. The van der Waals surface area contributed by atoms with Crippen LogP contribution in [0.2, 0.25) is 0 Å². The van der Waals surface area contributed by atoms with E-state index in [1.807, 2.05) is 19.9 Å². The number of carbonyl (C=O) groups is 1. The van der Waals surface area contributed by atoms with E-state index in [0.717, 1.165) is 56.6 Å². The van der Waals surface area contributed by atoms with Crippen LogP contribution in [0.25, 0.3) is 0 Å². The molecule has 0 saturated carbocycles. The highest BCUT2D eigenvalue weighted by atomic mass is 16.5. The number of allylic oxidation sites excluding steroid dienone is 4. The summed E-state index contributed by atoms with van der Waals surface area (Å²) >= 11 is 0. The van der Waals surface area contributed by atoms with Crippen LogP contribution >= 0.6 is 0 Å². The smallest absolute Gasteiger partial charge is 0.120 e. The number of aryl methyl sites for hydroxylation is 1. The average molecular weight is 428 g/mol. The van der Waals surface area contributed by atoms with Crippen LogP contribution in [0.5, 0.6) is 5.75 Å². The number of rotatable bonds is 15. The summed E-state index contributed by atoms with van der Waals surface area (Å²) < 4.78 is 11.7. The van der Waals surface area contributed by atoms with Crippen LogP contribution in [-0.2, 0) is 16.0 Å². The van der Waals surface area contributed by atoms with Crippen LogP contribution in [0.4, 0.5) is 0 Å². The molecule has 2 rings (SSSR count). The molecule has 0 radical (unpaired) electrons. The van der Waals surface area contributed by atoms with E-state index in [-0.39, 0.29) is 11.3 Å². The summed E-state index contributed by atoms with van der Waals surface area (Å²) in [6.45, 7) is 11.9. The Balaban J connectivity index is 1.84. The van der Waals surface area contributed by atoms with Crippen LogP contribution in [0.3, 0.4) is 0 Å². The summed E-state index contributed by atoms with van der Waals surface area (Å²) in [6, 6.07) is 8.39. The molecule has 0 aliphatic heterocycles. The molecule has 1 unspecified atom stereocenters. The Morgan fingerprint density at radius 3 is 2.61 bits per heavy atom. The Bertz CT molecular complexity index is 725. The molecule has 4 heteroatoms. The second-order valence-corrected chi connectivity index (χ2v) is 8.59. The summed E-state index contributed by atoms with van der Waals surface area (Å²) in [7, 11) is 0. The fourth-order valence-electron chi connectivity index (χ4n) is 4.83. The second kappa shape index (κ2) is 13.4. The lowest BCUT2D eigenvalue weighted by Gasteiger charge is -2.45. The van der Waals surface area contributed by atoms with Gasteiger partial charge in [-0.3, -0.25) is 0 Å². The maximum absolute atomic E-state index is 11.4. The Hall–Kier alpha value is -2.07. The molecule has 0 fully saturated rings. The summed E-state index contributed by atoms with van der Waals surface area (Å²) in [5.74, 6) is 2.61. The highest BCUT2D eigenvalue weighted by molar-refractivity contribution is 5.51. The maximum Gasteiger partial charge on any atom is 0.120 e. The van der Waals surface area contributed by atoms with Crippen LogP contribution in [0, 0.1) is 17.3 Å². The standard InChI is InChI=1S/C27H41NO3/c1-5-30-25-14-7-11-23(21-25)12-9-18-28-19-10-17-27(22(3)4)24(16-20-29)13-8-15-26(27)31-6-2/h7-8,11,13-15,20-22,24,28H,5-6,9-10,12,16-19H2,1-4H3/t24-,27?/m1/s1. The Kier molecular flexibility index (Phi) is 10.9. The topological polar surface area (TPSA) is 47.6 Å². The van der Waals surface area contributed by atoms with Crippen molar-refractivity contribution in [3.63, 3.8) is 0 Å². The first-order chi connectivity index (χ1) is 15.1. The van der Waals surface area contributed by atoms with Crippen LogP contribution < -0.4 is 10.1 Å². The quantitative estimate of drug-likeness (QED) is 0.287. The molecule has 1 aliphatic carbocycles. The van der Waals surface area contributed by atoms with E-state index in [4.69, 9.17) is 9.47 Å². The van der Waals surface area contributed by atoms with Crippen molar-refractivity contribution >= 4 is 6.29 Å². The van der Waals surface area contributed by atoms with E-state index >= 15 is 0 Å². The van der Waals surface area contributed by atoms with Crippen LogP contribution in [0.1, 0.15) is 58.9 Å².